The van der Waals surface area contributed by atoms with Crippen LogP contribution in [0.15, 0.2) is 18.2 Å². The molecule has 7 heteroatoms. The van der Waals surface area contributed by atoms with Gasteiger partial charge in [-0.15, -0.1) is 11.3 Å². The van der Waals surface area contributed by atoms with Gasteiger partial charge in [0, 0.05) is 35.9 Å². The minimum Gasteiger partial charge on any atom is -0.476 e. The van der Waals surface area contributed by atoms with Crippen molar-refractivity contribution in [1.29, 1.82) is 0 Å². The molecular weight excluding hydrogens is 324 g/mol. The van der Waals surface area contributed by atoms with E-state index in [0.29, 0.717) is 0 Å². The largest absolute Gasteiger partial charge is 0.476 e. The lowest BCUT2D eigenvalue weighted by Gasteiger charge is -2.26. The maximum Gasteiger partial charge on any atom is 0.356 e. The van der Waals surface area contributed by atoms with E-state index in [-0.39, 0.29) is 5.69 Å². The summed E-state index contributed by atoms with van der Waals surface area (Å²) >= 11 is 1.90. The fourth-order valence-corrected chi connectivity index (χ4v) is 4.64. The van der Waals surface area contributed by atoms with Crippen molar-refractivity contribution in [2.45, 2.75) is 39.0 Å². The van der Waals surface area contributed by atoms with Crippen LogP contribution in [0.1, 0.15) is 38.8 Å². The summed E-state index contributed by atoms with van der Waals surface area (Å²) in [6.07, 6.45) is 2.66. The van der Waals surface area contributed by atoms with Gasteiger partial charge in [0.15, 0.2) is 5.69 Å². The van der Waals surface area contributed by atoms with E-state index in [1.54, 1.807) is 6.07 Å². The van der Waals surface area contributed by atoms with Crippen LogP contribution in [0.25, 0.3) is 0 Å². The van der Waals surface area contributed by atoms with E-state index >= 15 is 0 Å². The van der Waals surface area contributed by atoms with E-state index in [4.69, 9.17) is 5.11 Å². The molecule has 2 aliphatic rings. The van der Waals surface area contributed by atoms with Crippen LogP contribution in [0.4, 0.5) is 0 Å². The first kappa shape index (κ1) is 15.8. The Kier molecular flexibility index (Phi) is 4.39. The molecule has 4 heterocycles. The molecule has 0 atom stereocenters. The molecule has 24 heavy (non-hydrogen) atoms. The Balaban J connectivity index is 1.37. The molecule has 128 valence electrons. The van der Waals surface area contributed by atoms with Crippen LogP contribution < -0.4 is 0 Å². The third-order valence-corrected chi connectivity index (χ3v) is 5.83. The summed E-state index contributed by atoms with van der Waals surface area (Å²) in [4.78, 5) is 18.8. The van der Waals surface area contributed by atoms with Crippen molar-refractivity contribution in [2.75, 3.05) is 19.6 Å². The molecule has 0 unspecified atom stereocenters. The van der Waals surface area contributed by atoms with Gasteiger partial charge in [0.2, 0.25) is 0 Å². The number of aromatic carboxylic acids is 1. The monoisotopic (exact) mass is 346 g/mol. The number of thiophene rings is 1. The van der Waals surface area contributed by atoms with Crippen LogP contribution >= 0.6 is 11.3 Å². The lowest BCUT2D eigenvalue weighted by Crippen LogP contribution is -2.33. The van der Waals surface area contributed by atoms with Gasteiger partial charge in [-0.05, 0) is 44.1 Å². The predicted molar refractivity (Wildman–Crippen MR) is 92.1 cm³/mol. The van der Waals surface area contributed by atoms with Gasteiger partial charge in [0.25, 0.3) is 0 Å². The van der Waals surface area contributed by atoms with E-state index in [2.05, 4.69) is 27.0 Å². The maximum atomic E-state index is 11.0. The van der Waals surface area contributed by atoms with Gasteiger partial charge in [0.05, 0.1) is 12.2 Å². The molecule has 1 N–H and O–H groups in total. The first-order valence-electron chi connectivity index (χ1n) is 8.50. The van der Waals surface area contributed by atoms with Crippen molar-refractivity contribution in [2.24, 2.45) is 0 Å². The Bertz CT molecular complexity index is 733. The number of aromatic nitrogens is 2. The fourth-order valence-electron chi connectivity index (χ4n) is 3.53. The molecular formula is C17H22N4O2S. The van der Waals surface area contributed by atoms with Crippen molar-refractivity contribution >= 4 is 17.3 Å². The molecule has 1 saturated heterocycles. The third-order valence-electron chi connectivity index (χ3n) is 4.77. The number of rotatable bonds is 5. The zero-order chi connectivity index (χ0) is 16.5. The first-order valence-corrected chi connectivity index (χ1v) is 9.31. The Labute approximate surface area is 145 Å². The topological polar surface area (TPSA) is 61.6 Å². The normalized spacial score (nSPS) is 18.8. The average molecular weight is 346 g/mol. The van der Waals surface area contributed by atoms with Crippen molar-refractivity contribution in [3.8, 4) is 0 Å². The molecule has 0 aliphatic carbocycles. The number of likely N-dealkylation sites (tertiary alicyclic amines) is 1. The fraction of sp³-hybridized carbons (Fsp3) is 0.529. The van der Waals surface area contributed by atoms with E-state index in [0.717, 1.165) is 38.4 Å². The highest BCUT2D eigenvalue weighted by molar-refractivity contribution is 7.11. The van der Waals surface area contributed by atoms with Crippen LogP contribution in [0.2, 0.25) is 0 Å². The van der Waals surface area contributed by atoms with Crippen molar-refractivity contribution < 1.29 is 9.90 Å². The molecule has 6 nitrogen and oxygen atoms in total. The van der Waals surface area contributed by atoms with Crippen molar-refractivity contribution in [1.82, 2.24) is 19.6 Å². The summed E-state index contributed by atoms with van der Waals surface area (Å²) in [5.41, 5.74) is 1.14. The van der Waals surface area contributed by atoms with Crippen molar-refractivity contribution in [3.63, 3.8) is 0 Å². The van der Waals surface area contributed by atoms with E-state index in [1.165, 1.54) is 35.7 Å². The van der Waals surface area contributed by atoms with Gasteiger partial charge < -0.3 is 5.11 Å². The summed E-state index contributed by atoms with van der Waals surface area (Å²) in [6.45, 7) is 6.91. The highest BCUT2D eigenvalue weighted by atomic mass is 32.1. The van der Waals surface area contributed by atoms with Crippen LogP contribution in [-0.4, -0.2) is 50.3 Å². The standard InChI is InChI=1S/C17H22N4O2S/c22-17(23)16-9-13-10-20(7-8-21(13)18-16)12-15-4-3-14(24-15)11-19-5-1-2-6-19/h3-4,9H,1-2,5-8,10-12H2,(H,22,23). The Morgan fingerprint density at radius 3 is 2.50 bits per heavy atom. The van der Waals surface area contributed by atoms with Crippen LogP contribution in [-0.2, 0) is 26.2 Å². The number of hydrogen-bond acceptors (Lipinski definition) is 5. The second kappa shape index (κ2) is 6.66. The molecule has 2 aromatic rings. The zero-order valence-corrected chi connectivity index (χ0v) is 14.5. The summed E-state index contributed by atoms with van der Waals surface area (Å²) in [5.74, 6) is -0.951. The minimum atomic E-state index is -0.951. The highest BCUT2D eigenvalue weighted by Gasteiger charge is 2.21. The Morgan fingerprint density at radius 1 is 1.08 bits per heavy atom. The number of carboxylic acid groups (broad SMARTS) is 1. The maximum absolute atomic E-state index is 11.0. The SMILES string of the molecule is O=C(O)c1cc2n(n1)CCN(Cc1ccc(CN3CCCC3)s1)C2. The van der Waals surface area contributed by atoms with Gasteiger partial charge in [-0.2, -0.15) is 5.10 Å². The van der Waals surface area contributed by atoms with Gasteiger partial charge in [-0.25, -0.2) is 4.79 Å². The molecule has 4 rings (SSSR count). The molecule has 0 aromatic carbocycles. The third kappa shape index (κ3) is 3.38. The number of hydrogen-bond donors (Lipinski definition) is 1. The Morgan fingerprint density at radius 2 is 1.79 bits per heavy atom. The number of fused-ring (bicyclic) bond motifs is 1. The predicted octanol–water partition coefficient (Wildman–Crippen LogP) is 2.25. The minimum absolute atomic E-state index is 0.149. The van der Waals surface area contributed by atoms with Crippen LogP contribution in [0.5, 0.6) is 0 Å². The second-order valence-electron chi connectivity index (χ2n) is 6.61. The molecule has 0 bridgehead atoms. The zero-order valence-electron chi connectivity index (χ0n) is 13.6. The number of carbonyl (C=O) groups is 1. The molecule has 0 amide bonds. The average Bonchev–Trinajstić information content (AvgIpc) is 3.28. The summed E-state index contributed by atoms with van der Waals surface area (Å²) < 4.78 is 1.83. The second-order valence-corrected chi connectivity index (χ2v) is 7.86. The molecule has 0 saturated carbocycles. The summed E-state index contributed by atoms with van der Waals surface area (Å²) in [7, 11) is 0. The van der Waals surface area contributed by atoms with Crippen LogP contribution in [0, 0.1) is 0 Å². The summed E-state index contributed by atoms with van der Waals surface area (Å²) in [5, 5.41) is 13.2. The molecule has 0 spiro atoms. The molecule has 2 aliphatic heterocycles. The lowest BCUT2D eigenvalue weighted by molar-refractivity contribution is 0.0689. The first-order chi connectivity index (χ1) is 11.7. The molecule has 1 fully saturated rings. The number of carboxylic acids is 1. The Hall–Kier alpha value is -1.70. The quantitative estimate of drug-likeness (QED) is 0.900. The van der Waals surface area contributed by atoms with Crippen LogP contribution in [0.3, 0.4) is 0 Å². The molecule has 2 aromatic heterocycles. The van der Waals surface area contributed by atoms with Gasteiger partial charge in [-0.1, -0.05) is 0 Å². The van der Waals surface area contributed by atoms with Gasteiger partial charge in [-0.3, -0.25) is 14.5 Å². The van der Waals surface area contributed by atoms with E-state index in [1.807, 2.05) is 16.0 Å². The highest BCUT2D eigenvalue weighted by Crippen LogP contribution is 2.23. The molecule has 0 radical (unpaired) electrons. The summed E-state index contributed by atoms with van der Waals surface area (Å²) in [6, 6.07) is 6.20. The van der Waals surface area contributed by atoms with Gasteiger partial charge in [0.1, 0.15) is 0 Å². The van der Waals surface area contributed by atoms with E-state index < -0.39 is 5.97 Å². The van der Waals surface area contributed by atoms with Gasteiger partial charge >= 0.3 is 5.97 Å². The van der Waals surface area contributed by atoms with Crippen molar-refractivity contribution in [3.05, 3.63) is 39.3 Å². The lowest BCUT2D eigenvalue weighted by atomic mass is 10.2. The van der Waals surface area contributed by atoms with E-state index in [9.17, 15) is 4.79 Å². The number of nitrogens with zero attached hydrogens (tertiary/aromatic N) is 4. The smallest absolute Gasteiger partial charge is 0.356 e.